The summed E-state index contributed by atoms with van der Waals surface area (Å²) in [5, 5.41) is 0. The summed E-state index contributed by atoms with van der Waals surface area (Å²) in [6.45, 7) is 3.22. The maximum Gasteiger partial charge on any atom is 0.231 e. The van der Waals surface area contributed by atoms with Gasteiger partial charge in [-0.15, -0.1) is 0 Å². The molecule has 1 aliphatic heterocycles. The fourth-order valence-electron chi connectivity index (χ4n) is 2.32. The second-order valence-corrected chi connectivity index (χ2v) is 4.51. The quantitative estimate of drug-likeness (QED) is 0.771. The van der Waals surface area contributed by atoms with E-state index in [1.54, 1.807) is 0 Å². The molecule has 3 heteroatoms. The van der Waals surface area contributed by atoms with E-state index in [0.717, 1.165) is 17.9 Å². The Hall–Kier alpha value is -1.22. The molecular formula is C14H21NO2. The second-order valence-electron chi connectivity index (χ2n) is 4.51. The van der Waals surface area contributed by atoms with Crippen molar-refractivity contribution in [3.05, 3.63) is 23.8 Å². The van der Waals surface area contributed by atoms with E-state index >= 15 is 0 Å². The molecule has 1 heterocycles. The Kier molecular flexibility index (Phi) is 4.26. The van der Waals surface area contributed by atoms with Gasteiger partial charge in [0.05, 0.1) is 0 Å². The number of unbranched alkanes of at least 4 members (excludes halogenated alkanes) is 2. The van der Waals surface area contributed by atoms with Crippen LogP contribution < -0.4 is 15.2 Å². The summed E-state index contributed by atoms with van der Waals surface area (Å²) >= 11 is 0. The van der Waals surface area contributed by atoms with Gasteiger partial charge >= 0.3 is 0 Å². The zero-order chi connectivity index (χ0) is 12.1. The van der Waals surface area contributed by atoms with E-state index in [2.05, 4.69) is 13.0 Å². The average molecular weight is 235 g/mol. The van der Waals surface area contributed by atoms with Crippen LogP contribution in [0.4, 0.5) is 0 Å². The van der Waals surface area contributed by atoms with Gasteiger partial charge in [0.2, 0.25) is 6.79 Å². The van der Waals surface area contributed by atoms with E-state index in [9.17, 15) is 0 Å². The molecule has 3 nitrogen and oxygen atoms in total. The van der Waals surface area contributed by atoms with Crippen LogP contribution >= 0.6 is 0 Å². The molecule has 0 fully saturated rings. The third kappa shape index (κ3) is 2.72. The summed E-state index contributed by atoms with van der Waals surface area (Å²) < 4.78 is 10.9. The van der Waals surface area contributed by atoms with Crippen molar-refractivity contribution >= 4 is 0 Å². The van der Waals surface area contributed by atoms with Crippen molar-refractivity contribution in [2.45, 2.75) is 38.5 Å². The molecule has 0 aromatic heterocycles. The number of hydrogen-bond donors (Lipinski definition) is 1. The lowest BCUT2D eigenvalue weighted by atomic mass is 9.92. The summed E-state index contributed by atoms with van der Waals surface area (Å²) in [4.78, 5) is 0. The van der Waals surface area contributed by atoms with Crippen molar-refractivity contribution in [2.75, 3.05) is 13.3 Å². The molecule has 0 bridgehead atoms. The molecule has 0 saturated carbocycles. The van der Waals surface area contributed by atoms with Crippen LogP contribution in [0.25, 0.3) is 0 Å². The van der Waals surface area contributed by atoms with Crippen LogP contribution in [-0.2, 0) is 0 Å². The molecule has 17 heavy (non-hydrogen) atoms. The van der Waals surface area contributed by atoms with Crippen molar-refractivity contribution in [1.82, 2.24) is 0 Å². The highest BCUT2D eigenvalue weighted by Gasteiger charge is 2.22. The number of nitrogens with two attached hydrogens (primary N) is 1. The maximum atomic E-state index is 5.88. The van der Waals surface area contributed by atoms with Crippen molar-refractivity contribution in [3.8, 4) is 11.5 Å². The molecule has 1 aromatic rings. The Balaban J connectivity index is 2.11. The van der Waals surface area contributed by atoms with Gasteiger partial charge in [-0.3, -0.25) is 0 Å². The Bertz CT molecular complexity index is 365. The highest BCUT2D eigenvalue weighted by atomic mass is 16.7. The van der Waals surface area contributed by atoms with Gasteiger partial charge in [-0.05, 0) is 24.9 Å². The molecule has 1 aromatic carbocycles. The minimum absolute atomic E-state index is 0.332. The first-order chi connectivity index (χ1) is 8.36. The number of rotatable bonds is 6. The van der Waals surface area contributed by atoms with Gasteiger partial charge in [-0.25, -0.2) is 0 Å². The van der Waals surface area contributed by atoms with E-state index in [4.69, 9.17) is 15.2 Å². The molecule has 0 spiro atoms. The smallest absolute Gasteiger partial charge is 0.231 e. The van der Waals surface area contributed by atoms with Crippen LogP contribution in [0.15, 0.2) is 18.2 Å². The van der Waals surface area contributed by atoms with Gasteiger partial charge < -0.3 is 15.2 Å². The Morgan fingerprint density at radius 3 is 2.94 bits per heavy atom. The first kappa shape index (κ1) is 12.2. The second kappa shape index (κ2) is 5.92. The molecule has 1 aliphatic rings. The largest absolute Gasteiger partial charge is 0.454 e. The van der Waals surface area contributed by atoms with Gasteiger partial charge in [0.25, 0.3) is 0 Å². The predicted molar refractivity (Wildman–Crippen MR) is 68.5 cm³/mol. The topological polar surface area (TPSA) is 44.5 Å². The highest BCUT2D eigenvalue weighted by Crippen LogP contribution is 2.40. The predicted octanol–water partition coefficient (Wildman–Crippen LogP) is 3.04. The molecule has 94 valence electrons. The molecule has 1 atom stereocenters. The maximum absolute atomic E-state index is 5.88. The third-order valence-corrected chi connectivity index (χ3v) is 3.31. The standard InChI is InChI=1S/C14H21NO2/c1-2-3-4-6-11(9-15)12-7-5-8-13-14(12)17-10-16-13/h5,7-8,11H,2-4,6,9-10,15H2,1H3/t11-/m0/s1. The van der Waals surface area contributed by atoms with Crippen LogP contribution in [0.2, 0.25) is 0 Å². The lowest BCUT2D eigenvalue weighted by Crippen LogP contribution is -2.13. The number of hydrogen-bond acceptors (Lipinski definition) is 3. The van der Waals surface area contributed by atoms with Crippen molar-refractivity contribution in [2.24, 2.45) is 5.73 Å². The first-order valence-electron chi connectivity index (χ1n) is 6.45. The highest BCUT2D eigenvalue weighted by molar-refractivity contribution is 5.49. The van der Waals surface area contributed by atoms with E-state index in [1.807, 2.05) is 12.1 Å². The summed E-state index contributed by atoms with van der Waals surface area (Å²) in [5.41, 5.74) is 7.09. The van der Waals surface area contributed by atoms with Gasteiger partial charge in [0.15, 0.2) is 11.5 Å². The van der Waals surface area contributed by atoms with Crippen LogP contribution in [0.1, 0.15) is 44.1 Å². The minimum atomic E-state index is 0.332. The van der Waals surface area contributed by atoms with E-state index < -0.39 is 0 Å². The average Bonchev–Trinajstić information content (AvgIpc) is 2.83. The Morgan fingerprint density at radius 1 is 1.29 bits per heavy atom. The third-order valence-electron chi connectivity index (χ3n) is 3.31. The summed E-state index contributed by atoms with van der Waals surface area (Å²) in [6, 6.07) is 6.08. The molecule has 0 unspecified atom stereocenters. The molecular weight excluding hydrogens is 214 g/mol. The summed E-state index contributed by atoms with van der Waals surface area (Å²) in [6.07, 6.45) is 4.86. The monoisotopic (exact) mass is 235 g/mol. The van der Waals surface area contributed by atoms with Gasteiger partial charge in [0, 0.05) is 5.56 Å². The molecule has 0 amide bonds. The zero-order valence-electron chi connectivity index (χ0n) is 10.4. The summed E-state index contributed by atoms with van der Waals surface area (Å²) in [7, 11) is 0. The SMILES string of the molecule is CCCCC[C@@H](CN)c1cccc2c1OCO2. The van der Waals surface area contributed by atoms with Crippen LogP contribution in [0.5, 0.6) is 11.5 Å². The lowest BCUT2D eigenvalue weighted by molar-refractivity contribution is 0.173. The fourth-order valence-corrected chi connectivity index (χ4v) is 2.32. The van der Waals surface area contributed by atoms with E-state index in [0.29, 0.717) is 19.3 Å². The lowest BCUT2D eigenvalue weighted by Gasteiger charge is -2.16. The van der Waals surface area contributed by atoms with Crippen LogP contribution in [-0.4, -0.2) is 13.3 Å². The van der Waals surface area contributed by atoms with Crippen molar-refractivity contribution in [1.29, 1.82) is 0 Å². The summed E-state index contributed by atoms with van der Waals surface area (Å²) in [5.74, 6) is 2.15. The molecule has 0 aliphatic carbocycles. The van der Waals surface area contributed by atoms with Crippen molar-refractivity contribution in [3.63, 3.8) is 0 Å². The van der Waals surface area contributed by atoms with E-state index in [-0.39, 0.29) is 0 Å². The van der Waals surface area contributed by atoms with Crippen LogP contribution in [0.3, 0.4) is 0 Å². The van der Waals surface area contributed by atoms with E-state index in [1.165, 1.54) is 24.8 Å². The molecule has 2 N–H and O–H groups in total. The first-order valence-corrected chi connectivity index (χ1v) is 6.45. The number of ether oxygens (including phenoxy) is 2. The Morgan fingerprint density at radius 2 is 2.18 bits per heavy atom. The zero-order valence-corrected chi connectivity index (χ0v) is 10.4. The Labute approximate surface area is 103 Å². The number of para-hydroxylation sites is 1. The number of benzene rings is 1. The minimum Gasteiger partial charge on any atom is -0.454 e. The molecule has 0 saturated heterocycles. The van der Waals surface area contributed by atoms with Gasteiger partial charge in [-0.2, -0.15) is 0 Å². The van der Waals surface area contributed by atoms with Gasteiger partial charge in [-0.1, -0.05) is 38.3 Å². The normalized spacial score (nSPS) is 14.9. The number of fused-ring (bicyclic) bond motifs is 1. The van der Waals surface area contributed by atoms with Gasteiger partial charge in [0.1, 0.15) is 0 Å². The fraction of sp³-hybridized carbons (Fsp3) is 0.571. The molecule has 0 radical (unpaired) electrons. The molecule has 2 rings (SSSR count). The van der Waals surface area contributed by atoms with Crippen LogP contribution in [0, 0.1) is 0 Å². The van der Waals surface area contributed by atoms with Crippen molar-refractivity contribution < 1.29 is 9.47 Å².